The molecule has 6 nitrogen and oxygen atoms in total. The molecular formula is C14H14ClN3O3S2. The maximum Gasteiger partial charge on any atom is 0.256 e. The molecule has 1 aromatic rings. The molecule has 1 N–H and O–H groups in total. The molecule has 1 atom stereocenters. The van der Waals surface area contributed by atoms with Crippen molar-refractivity contribution in [2.45, 2.75) is 13.0 Å². The molecule has 2 aliphatic rings. The average Bonchev–Trinajstić information content (AvgIpc) is 2.92. The molecule has 0 spiro atoms. The highest BCUT2D eigenvalue weighted by atomic mass is 35.5. The summed E-state index contributed by atoms with van der Waals surface area (Å²) in [5, 5.41) is 2.90. The van der Waals surface area contributed by atoms with Gasteiger partial charge in [-0.15, -0.1) is 15.7 Å². The van der Waals surface area contributed by atoms with Crippen molar-refractivity contribution < 1.29 is 13.2 Å². The summed E-state index contributed by atoms with van der Waals surface area (Å²) in [4.78, 5) is 15.0. The van der Waals surface area contributed by atoms with Gasteiger partial charge in [-0.25, -0.2) is 8.42 Å². The normalized spacial score (nSPS) is 20.3. The maximum absolute atomic E-state index is 12.3. The lowest BCUT2D eigenvalue weighted by Gasteiger charge is -2.27. The smallest absolute Gasteiger partial charge is 0.256 e. The number of carbonyl (C=O) groups excluding carboxylic acids is 1. The molecule has 1 amide bonds. The van der Waals surface area contributed by atoms with Gasteiger partial charge in [0, 0.05) is 17.6 Å². The first-order chi connectivity index (χ1) is 10.8. The molecule has 3 heterocycles. The third-order valence-electron chi connectivity index (χ3n) is 3.45. The molecule has 0 aliphatic carbocycles. The van der Waals surface area contributed by atoms with Gasteiger partial charge in [-0.05, 0) is 31.2 Å². The minimum absolute atomic E-state index is 0.0557. The molecule has 0 aromatic carbocycles. The van der Waals surface area contributed by atoms with E-state index in [1.807, 2.05) is 13.0 Å². The van der Waals surface area contributed by atoms with E-state index >= 15 is 0 Å². The number of carbonyl (C=O) groups is 1. The molecule has 23 heavy (non-hydrogen) atoms. The Morgan fingerprint density at radius 1 is 1.43 bits per heavy atom. The van der Waals surface area contributed by atoms with Gasteiger partial charge in [0.15, 0.2) is 0 Å². The number of thiophene rings is 1. The first-order valence-electron chi connectivity index (χ1n) is 6.89. The number of rotatable bonds is 3. The molecule has 0 bridgehead atoms. The van der Waals surface area contributed by atoms with Crippen molar-refractivity contribution in [3.8, 4) is 0 Å². The fourth-order valence-corrected chi connectivity index (χ4v) is 4.28. The van der Waals surface area contributed by atoms with E-state index in [2.05, 4.69) is 9.71 Å². The van der Waals surface area contributed by atoms with Crippen LogP contribution in [0.5, 0.6) is 0 Å². The Kier molecular flexibility index (Phi) is 4.31. The fourth-order valence-electron chi connectivity index (χ4n) is 2.25. The lowest BCUT2D eigenvalue weighted by molar-refractivity contribution is -0.117. The lowest BCUT2D eigenvalue weighted by atomic mass is 10.1. The number of hydrogen-bond donors (Lipinski definition) is 1. The molecule has 122 valence electrons. The van der Waals surface area contributed by atoms with Gasteiger partial charge in [0.2, 0.25) is 0 Å². The molecule has 1 aromatic heterocycles. The molecule has 1 unspecified atom stereocenters. The largest absolute Gasteiger partial charge is 0.345 e. The lowest BCUT2D eigenvalue weighted by Crippen LogP contribution is -2.38. The van der Waals surface area contributed by atoms with E-state index in [1.165, 1.54) is 17.4 Å². The minimum atomic E-state index is -3.39. The monoisotopic (exact) mass is 371 g/mol. The van der Waals surface area contributed by atoms with Crippen LogP contribution in [-0.4, -0.2) is 37.4 Å². The predicted octanol–water partition coefficient (Wildman–Crippen LogP) is 2.08. The second kappa shape index (κ2) is 6.10. The third kappa shape index (κ3) is 3.65. The van der Waals surface area contributed by atoms with Gasteiger partial charge in [-0.1, -0.05) is 11.6 Å². The van der Waals surface area contributed by atoms with Gasteiger partial charge < -0.3 is 10.2 Å². The molecule has 0 fully saturated rings. The zero-order valence-electron chi connectivity index (χ0n) is 12.2. The Balaban J connectivity index is 1.72. The van der Waals surface area contributed by atoms with E-state index in [4.69, 9.17) is 11.6 Å². The maximum atomic E-state index is 12.3. The summed E-state index contributed by atoms with van der Waals surface area (Å²) in [7, 11) is -3.39. The first-order valence-corrected chi connectivity index (χ1v) is 9.70. The third-order valence-corrected chi connectivity index (χ3v) is 6.03. The predicted molar refractivity (Wildman–Crippen MR) is 91.0 cm³/mol. The Bertz CT molecular complexity index is 839. The average molecular weight is 372 g/mol. The fraction of sp³-hybridized carbons (Fsp3) is 0.286. The number of hydrogen-bond acceptors (Lipinski definition) is 5. The summed E-state index contributed by atoms with van der Waals surface area (Å²) in [6.07, 6.45) is 4.73. The van der Waals surface area contributed by atoms with Crippen molar-refractivity contribution >= 4 is 44.7 Å². The molecule has 2 aliphatic heterocycles. The van der Waals surface area contributed by atoms with Gasteiger partial charge in [0.05, 0.1) is 21.7 Å². The van der Waals surface area contributed by atoms with Crippen LogP contribution in [0.4, 0.5) is 0 Å². The summed E-state index contributed by atoms with van der Waals surface area (Å²) in [6.45, 7) is 2.17. The van der Waals surface area contributed by atoms with E-state index < -0.39 is 10.0 Å². The van der Waals surface area contributed by atoms with Crippen molar-refractivity contribution in [1.82, 2.24) is 10.2 Å². The van der Waals surface area contributed by atoms with Gasteiger partial charge in [0.1, 0.15) is 5.84 Å². The van der Waals surface area contributed by atoms with Gasteiger partial charge in [-0.3, -0.25) is 4.79 Å². The quantitative estimate of drug-likeness (QED) is 0.882. The number of fused-ring (bicyclic) bond motifs is 1. The van der Waals surface area contributed by atoms with Crippen LogP contribution >= 0.6 is 22.9 Å². The zero-order chi connectivity index (χ0) is 16.6. The van der Waals surface area contributed by atoms with Crippen LogP contribution in [0, 0.1) is 0 Å². The first kappa shape index (κ1) is 16.2. The van der Waals surface area contributed by atoms with Crippen molar-refractivity contribution in [3.05, 3.63) is 45.3 Å². The SMILES string of the molecule is CC(NC(=O)C1=CN2CCS(=O)(=O)N=C2C=C1)c1ccc(Cl)s1. The van der Waals surface area contributed by atoms with Crippen LogP contribution < -0.4 is 5.32 Å². The number of amidine groups is 1. The Hall–Kier alpha value is -1.64. The topological polar surface area (TPSA) is 78.8 Å². The van der Waals surface area contributed by atoms with Crippen molar-refractivity contribution in [2.24, 2.45) is 4.40 Å². The number of halogens is 1. The molecule has 9 heteroatoms. The summed E-state index contributed by atoms with van der Waals surface area (Å²) >= 11 is 7.32. The van der Waals surface area contributed by atoms with E-state index in [0.29, 0.717) is 22.3 Å². The van der Waals surface area contributed by atoms with E-state index in [9.17, 15) is 13.2 Å². The Labute approximate surface area is 143 Å². The standard InChI is InChI=1S/C14H14ClN3O3S2/c1-9(11-3-4-12(15)22-11)16-14(19)10-2-5-13-17-23(20,21)7-6-18(13)8-10/h2-5,8-9H,6-7H2,1H3,(H,16,19). The number of amides is 1. The van der Waals surface area contributed by atoms with E-state index in [-0.39, 0.29) is 17.7 Å². The second-order valence-corrected chi connectivity index (χ2v) is 8.69. The summed E-state index contributed by atoms with van der Waals surface area (Å²) in [5.41, 5.74) is 0.456. The Morgan fingerprint density at radius 3 is 2.91 bits per heavy atom. The molecule has 0 saturated carbocycles. The molecule has 0 saturated heterocycles. The number of sulfonamides is 1. The Morgan fingerprint density at radius 2 is 2.22 bits per heavy atom. The van der Waals surface area contributed by atoms with E-state index in [0.717, 1.165) is 4.88 Å². The highest BCUT2D eigenvalue weighted by Gasteiger charge is 2.25. The van der Waals surface area contributed by atoms with Crippen LogP contribution in [0.2, 0.25) is 4.34 Å². The van der Waals surface area contributed by atoms with Gasteiger partial charge in [-0.2, -0.15) is 0 Å². The molecular weight excluding hydrogens is 358 g/mol. The van der Waals surface area contributed by atoms with Crippen molar-refractivity contribution in [2.75, 3.05) is 12.3 Å². The highest BCUT2D eigenvalue weighted by molar-refractivity contribution is 7.90. The summed E-state index contributed by atoms with van der Waals surface area (Å²) in [6, 6.07) is 3.51. The molecule has 3 rings (SSSR count). The van der Waals surface area contributed by atoms with Crippen LogP contribution in [0.3, 0.4) is 0 Å². The molecule has 0 radical (unpaired) electrons. The summed E-state index contributed by atoms with van der Waals surface area (Å²) in [5.74, 6) is 0.0523. The van der Waals surface area contributed by atoms with Crippen LogP contribution in [0.25, 0.3) is 0 Å². The van der Waals surface area contributed by atoms with E-state index in [1.54, 1.807) is 23.2 Å². The van der Waals surface area contributed by atoms with Crippen LogP contribution in [0.15, 0.2) is 40.5 Å². The van der Waals surface area contributed by atoms with Crippen LogP contribution in [-0.2, 0) is 14.8 Å². The number of nitrogens with one attached hydrogen (secondary N) is 1. The van der Waals surface area contributed by atoms with Crippen molar-refractivity contribution in [1.29, 1.82) is 0 Å². The summed E-state index contributed by atoms with van der Waals surface area (Å²) < 4.78 is 27.3. The van der Waals surface area contributed by atoms with Gasteiger partial charge >= 0.3 is 0 Å². The number of nitrogens with zero attached hydrogens (tertiary/aromatic N) is 2. The van der Waals surface area contributed by atoms with Crippen molar-refractivity contribution in [3.63, 3.8) is 0 Å². The minimum Gasteiger partial charge on any atom is -0.345 e. The van der Waals surface area contributed by atoms with Gasteiger partial charge in [0.25, 0.3) is 15.9 Å². The highest BCUT2D eigenvalue weighted by Crippen LogP contribution is 2.27. The van der Waals surface area contributed by atoms with Crippen LogP contribution in [0.1, 0.15) is 17.8 Å². The second-order valence-electron chi connectivity index (χ2n) is 5.18. The zero-order valence-corrected chi connectivity index (χ0v) is 14.6.